The standard InChI is InChI=1S/C15H13N2OS2/c16-7-14-6-12(10-20-14)8-17-3-1-13(15(17)18)5-11-2-4-19-9-11/h2,4-6,9-10,13H,1,3,8H2/t13-/m1/s1. The SMILES string of the molecule is N#Cc1cc(CN2CC[C@H]([CH]c3ccsc3)C2=O)cs1. The van der Waals surface area contributed by atoms with E-state index in [-0.39, 0.29) is 11.8 Å². The molecule has 2 aromatic heterocycles. The molecule has 101 valence electrons. The Labute approximate surface area is 126 Å². The largest absolute Gasteiger partial charge is 0.338 e. The van der Waals surface area contributed by atoms with Gasteiger partial charge in [0.2, 0.25) is 5.91 Å². The Bertz CT molecular complexity index is 639. The Hall–Kier alpha value is -1.64. The van der Waals surface area contributed by atoms with Gasteiger partial charge in [-0.05, 0) is 45.8 Å². The Morgan fingerprint density at radius 3 is 3.10 bits per heavy atom. The molecule has 0 aromatic carbocycles. The number of nitriles is 1. The molecule has 3 rings (SSSR count). The minimum Gasteiger partial charge on any atom is -0.338 e. The van der Waals surface area contributed by atoms with E-state index in [0.29, 0.717) is 11.4 Å². The molecule has 0 N–H and O–H groups in total. The summed E-state index contributed by atoms with van der Waals surface area (Å²) >= 11 is 3.08. The Morgan fingerprint density at radius 2 is 2.40 bits per heavy atom. The zero-order valence-corrected chi connectivity index (χ0v) is 12.4. The van der Waals surface area contributed by atoms with Crippen LogP contribution in [0.3, 0.4) is 0 Å². The molecule has 0 saturated carbocycles. The highest BCUT2D eigenvalue weighted by Crippen LogP contribution is 2.27. The van der Waals surface area contributed by atoms with Crippen molar-refractivity contribution in [2.24, 2.45) is 5.92 Å². The van der Waals surface area contributed by atoms with Crippen molar-refractivity contribution in [2.45, 2.75) is 13.0 Å². The van der Waals surface area contributed by atoms with E-state index in [0.717, 1.165) is 24.1 Å². The molecule has 1 aliphatic heterocycles. The van der Waals surface area contributed by atoms with Gasteiger partial charge in [0, 0.05) is 25.4 Å². The van der Waals surface area contributed by atoms with E-state index in [1.807, 2.05) is 27.8 Å². The van der Waals surface area contributed by atoms with E-state index < -0.39 is 0 Å². The van der Waals surface area contributed by atoms with Crippen LogP contribution in [-0.4, -0.2) is 17.4 Å². The molecule has 3 heterocycles. The average Bonchev–Trinajstić information content (AvgIpc) is 3.17. The van der Waals surface area contributed by atoms with Crippen molar-refractivity contribution in [1.29, 1.82) is 5.26 Å². The average molecular weight is 301 g/mol. The van der Waals surface area contributed by atoms with Crippen molar-refractivity contribution < 1.29 is 4.79 Å². The van der Waals surface area contributed by atoms with Gasteiger partial charge in [0.15, 0.2) is 0 Å². The van der Waals surface area contributed by atoms with Crippen LogP contribution in [0.2, 0.25) is 0 Å². The molecule has 0 bridgehead atoms. The fourth-order valence-electron chi connectivity index (χ4n) is 2.41. The first-order chi connectivity index (χ1) is 9.76. The third-order valence-electron chi connectivity index (χ3n) is 3.41. The highest BCUT2D eigenvalue weighted by molar-refractivity contribution is 7.10. The number of thiophene rings is 2. The molecular weight excluding hydrogens is 288 g/mol. The second-order valence-electron chi connectivity index (χ2n) is 4.81. The highest BCUT2D eigenvalue weighted by Gasteiger charge is 2.31. The third kappa shape index (κ3) is 2.77. The topological polar surface area (TPSA) is 44.1 Å². The maximum Gasteiger partial charge on any atom is 0.226 e. The zero-order valence-electron chi connectivity index (χ0n) is 10.8. The minimum atomic E-state index is -0.00123. The molecular formula is C15H13N2OS2. The summed E-state index contributed by atoms with van der Waals surface area (Å²) in [5.74, 6) is 0.194. The monoisotopic (exact) mass is 301 g/mol. The van der Waals surface area contributed by atoms with Crippen molar-refractivity contribution >= 4 is 28.6 Å². The molecule has 1 fully saturated rings. The summed E-state index contributed by atoms with van der Waals surface area (Å²) in [4.78, 5) is 14.9. The van der Waals surface area contributed by atoms with Crippen LogP contribution in [-0.2, 0) is 11.3 Å². The van der Waals surface area contributed by atoms with Crippen LogP contribution in [0, 0.1) is 23.7 Å². The van der Waals surface area contributed by atoms with Crippen LogP contribution in [0.15, 0.2) is 28.3 Å². The first-order valence-electron chi connectivity index (χ1n) is 6.39. The number of amides is 1. The lowest BCUT2D eigenvalue weighted by Crippen LogP contribution is -2.26. The Balaban J connectivity index is 1.62. The van der Waals surface area contributed by atoms with E-state index >= 15 is 0 Å². The van der Waals surface area contributed by atoms with Crippen LogP contribution in [0.5, 0.6) is 0 Å². The summed E-state index contributed by atoms with van der Waals surface area (Å²) < 4.78 is 0. The summed E-state index contributed by atoms with van der Waals surface area (Å²) in [7, 11) is 0. The van der Waals surface area contributed by atoms with Crippen molar-refractivity contribution in [3.63, 3.8) is 0 Å². The summed E-state index contributed by atoms with van der Waals surface area (Å²) in [6, 6.07) is 6.04. The van der Waals surface area contributed by atoms with Crippen molar-refractivity contribution in [3.8, 4) is 6.07 Å². The van der Waals surface area contributed by atoms with Crippen molar-refractivity contribution in [3.05, 3.63) is 50.7 Å². The number of carbonyl (C=O) groups is 1. The van der Waals surface area contributed by atoms with Gasteiger partial charge in [-0.3, -0.25) is 4.79 Å². The van der Waals surface area contributed by atoms with Crippen LogP contribution in [0.4, 0.5) is 0 Å². The van der Waals surface area contributed by atoms with Gasteiger partial charge in [-0.1, -0.05) is 0 Å². The third-order valence-corrected chi connectivity index (χ3v) is 5.00. The summed E-state index contributed by atoms with van der Waals surface area (Å²) in [5, 5.41) is 14.9. The Kier molecular flexibility index (Phi) is 3.86. The number of rotatable bonds is 4. The normalized spacial score (nSPS) is 18.4. The van der Waals surface area contributed by atoms with Gasteiger partial charge >= 0.3 is 0 Å². The van der Waals surface area contributed by atoms with Crippen LogP contribution >= 0.6 is 22.7 Å². The molecule has 1 saturated heterocycles. The molecule has 1 aliphatic rings. The predicted molar refractivity (Wildman–Crippen MR) is 80.3 cm³/mol. The number of likely N-dealkylation sites (tertiary alicyclic amines) is 1. The summed E-state index contributed by atoms with van der Waals surface area (Å²) in [5.41, 5.74) is 2.19. The molecule has 1 amide bonds. The predicted octanol–water partition coefficient (Wildman–Crippen LogP) is 3.28. The molecule has 1 radical (unpaired) electrons. The lowest BCUT2D eigenvalue weighted by atomic mass is 10.0. The molecule has 20 heavy (non-hydrogen) atoms. The van der Waals surface area contributed by atoms with Gasteiger partial charge in [0.05, 0.1) is 0 Å². The molecule has 5 heteroatoms. The van der Waals surface area contributed by atoms with Gasteiger partial charge < -0.3 is 4.90 Å². The second kappa shape index (κ2) is 5.78. The lowest BCUT2D eigenvalue weighted by molar-refractivity contribution is -0.130. The number of nitrogens with zero attached hydrogens (tertiary/aromatic N) is 2. The Morgan fingerprint density at radius 1 is 1.50 bits per heavy atom. The number of carbonyl (C=O) groups excluding carboxylic acids is 1. The number of hydrogen-bond acceptors (Lipinski definition) is 4. The van der Waals surface area contributed by atoms with Gasteiger partial charge in [0.25, 0.3) is 0 Å². The van der Waals surface area contributed by atoms with Crippen LogP contribution in [0.1, 0.15) is 22.4 Å². The smallest absolute Gasteiger partial charge is 0.226 e. The first kappa shape index (κ1) is 13.3. The fourth-order valence-corrected chi connectivity index (χ4v) is 3.74. The first-order valence-corrected chi connectivity index (χ1v) is 8.22. The lowest BCUT2D eigenvalue weighted by Gasteiger charge is -2.15. The zero-order chi connectivity index (χ0) is 13.9. The fraction of sp³-hybridized carbons (Fsp3) is 0.267. The van der Waals surface area contributed by atoms with E-state index in [1.165, 1.54) is 11.3 Å². The van der Waals surface area contributed by atoms with Gasteiger partial charge in [-0.2, -0.15) is 16.6 Å². The molecule has 1 atom stereocenters. The summed E-state index contributed by atoms with van der Waals surface area (Å²) in [6.45, 7) is 1.41. The van der Waals surface area contributed by atoms with Gasteiger partial charge in [-0.15, -0.1) is 11.3 Å². The van der Waals surface area contributed by atoms with E-state index in [4.69, 9.17) is 5.26 Å². The minimum absolute atomic E-state index is 0.00123. The van der Waals surface area contributed by atoms with Gasteiger partial charge in [-0.25, -0.2) is 0 Å². The molecule has 0 aliphatic carbocycles. The summed E-state index contributed by atoms with van der Waals surface area (Å²) in [6.07, 6.45) is 2.94. The molecule has 3 nitrogen and oxygen atoms in total. The van der Waals surface area contributed by atoms with Crippen molar-refractivity contribution in [1.82, 2.24) is 4.90 Å². The quantitative estimate of drug-likeness (QED) is 0.870. The highest BCUT2D eigenvalue weighted by atomic mass is 32.1. The van der Waals surface area contributed by atoms with E-state index in [9.17, 15) is 4.79 Å². The van der Waals surface area contributed by atoms with Crippen LogP contribution in [0.25, 0.3) is 0 Å². The van der Waals surface area contributed by atoms with Crippen LogP contribution < -0.4 is 0 Å². The second-order valence-corrected chi connectivity index (χ2v) is 6.50. The molecule has 0 spiro atoms. The maximum atomic E-state index is 12.3. The van der Waals surface area contributed by atoms with E-state index in [1.54, 1.807) is 11.3 Å². The maximum absolute atomic E-state index is 12.3. The van der Waals surface area contributed by atoms with Crippen molar-refractivity contribution in [2.75, 3.05) is 6.54 Å². The molecule has 2 aromatic rings. The van der Waals surface area contributed by atoms with E-state index in [2.05, 4.69) is 17.9 Å². The molecule has 0 unspecified atom stereocenters. The van der Waals surface area contributed by atoms with Gasteiger partial charge in [0.1, 0.15) is 10.9 Å². The number of hydrogen-bond donors (Lipinski definition) is 0.